The number of nitrogens with one attached hydrogen (secondary N) is 1. The smallest absolute Gasteiger partial charge is 0.145 e. The largest absolute Gasteiger partial charge is 0.373 e. The molecule has 0 saturated heterocycles. The number of aliphatic imine (C=N–C) groups is 1. The summed E-state index contributed by atoms with van der Waals surface area (Å²) in [4.78, 5) is 10.3. The van der Waals surface area contributed by atoms with E-state index in [0.717, 1.165) is 61.9 Å². The summed E-state index contributed by atoms with van der Waals surface area (Å²) in [6, 6.07) is 57.5. The zero-order valence-electron chi connectivity index (χ0n) is 26.9. The minimum Gasteiger partial charge on any atom is -0.373 e. The third kappa shape index (κ3) is 5.44. The summed E-state index contributed by atoms with van der Waals surface area (Å²) in [5.41, 5.74) is 11.9. The van der Waals surface area contributed by atoms with Crippen molar-refractivity contribution in [2.24, 2.45) is 4.99 Å². The number of nitrogens with zero attached hydrogens (tertiary/aromatic N) is 3. The number of amidine groups is 1. The summed E-state index contributed by atoms with van der Waals surface area (Å²) in [6.07, 6.45) is 0. The number of fused-ring (bicyclic) bond motifs is 2. The van der Waals surface area contributed by atoms with Crippen molar-refractivity contribution in [1.82, 2.24) is 14.9 Å². The zero-order chi connectivity index (χ0) is 32.5. The molecule has 1 heterocycles. The second-order valence-electron chi connectivity index (χ2n) is 12.0. The van der Waals surface area contributed by atoms with E-state index in [1.54, 1.807) is 0 Å². The normalized spacial score (nSPS) is 11.7. The van der Waals surface area contributed by atoms with Crippen LogP contribution in [0.4, 0.5) is 5.69 Å². The first kappa shape index (κ1) is 29.2. The minimum atomic E-state index is 0.828. The molecule has 0 aliphatic carbocycles. The highest BCUT2D eigenvalue weighted by atomic mass is 15.1. The van der Waals surface area contributed by atoms with Gasteiger partial charge in [-0.2, -0.15) is 0 Å². The van der Waals surface area contributed by atoms with Gasteiger partial charge in [0.2, 0.25) is 0 Å². The summed E-state index contributed by atoms with van der Waals surface area (Å²) in [6.45, 7) is 2.16. The van der Waals surface area contributed by atoms with Gasteiger partial charge >= 0.3 is 0 Å². The van der Waals surface area contributed by atoms with Crippen molar-refractivity contribution in [3.8, 4) is 39.3 Å². The number of aromatic nitrogens is 2. The highest BCUT2D eigenvalue weighted by molar-refractivity contribution is 6.04. The number of hydrogen-bond donors (Lipinski definition) is 1. The van der Waals surface area contributed by atoms with Crippen LogP contribution in [-0.2, 0) is 0 Å². The fourth-order valence-electron chi connectivity index (χ4n) is 6.50. The molecular formula is C44H34N4. The summed E-state index contributed by atoms with van der Waals surface area (Å²) >= 11 is 0. The van der Waals surface area contributed by atoms with Gasteiger partial charge < -0.3 is 5.32 Å². The first-order chi connectivity index (χ1) is 23.7. The van der Waals surface area contributed by atoms with Gasteiger partial charge in [0.05, 0.1) is 16.7 Å². The first-order valence-corrected chi connectivity index (χ1v) is 16.3. The molecule has 0 aliphatic heterocycles. The van der Waals surface area contributed by atoms with Crippen LogP contribution >= 0.6 is 0 Å². The summed E-state index contributed by atoms with van der Waals surface area (Å²) in [7, 11) is 1.93. The number of imidazole rings is 1. The number of benzene rings is 7. The van der Waals surface area contributed by atoms with Crippen LogP contribution in [0.25, 0.3) is 61.1 Å². The lowest BCUT2D eigenvalue weighted by Gasteiger charge is -2.14. The van der Waals surface area contributed by atoms with E-state index < -0.39 is 0 Å². The second kappa shape index (κ2) is 12.5. The van der Waals surface area contributed by atoms with E-state index in [1.165, 1.54) is 21.9 Å². The van der Waals surface area contributed by atoms with Crippen LogP contribution in [0.5, 0.6) is 0 Å². The van der Waals surface area contributed by atoms with Gasteiger partial charge in [-0.05, 0) is 82.4 Å². The van der Waals surface area contributed by atoms with Gasteiger partial charge in [-0.15, -0.1) is 0 Å². The molecule has 4 nitrogen and oxygen atoms in total. The monoisotopic (exact) mass is 618 g/mol. The Labute approximate surface area is 280 Å². The van der Waals surface area contributed by atoms with Gasteiger partial charge in [0, 0.05) is 29.4 Å². The van der Waals surface area contributed by atoms with Gasteiger partial charge in [0.1, 0.15) is 11.7 Å². The fraction of sp³-hybridized carbons (Fsp3) is 0.0455. The van der Waals surface area contributed by atoms with Gasteiger partial charge in [-0.1, -0.05) is 121 Å². The van der Waals surface area contributed by atoms with Crippen LogP contribution in [0, 0.1) is 6.92 Å². The van der Waals surface area contributed by atoms with Crippen molar-refractivity contribution in [1.29, 1.82) is 0 Å². The zero-order valence-corrected chi connectivity index (χ0v) is 26.9. The number of rotatable bonds is 6. The molecule has 4 heteroatoms. The molecule has 0 fully saturated rings. The number of hydrogen-bond acceptors (Lipinski definition) is 2. The van der Waals surface area contributed by atoms with Crippen LogP contribution in [0.1, 0.15) is 11.1 Å². The van der Waals surface area contributed by atoms with Gasteiger partial charge in [0.15, 0.2) is 0 Å². The van der Waals surface area contributed by atoms with Crippen LogP contribution in [0.3, 0.4) is 0 Å². The van der Waals surface area contributed by atoms with E-state index in [0.29, 0.717) is 0 Å². The molecule has 0 atom stereocenters. The van der Waals surface area contributed by atoms with Crippen molar-refractivity contribution >= 4 is 33.3 Å². The highest BCUT2D eigenvalue weighted by Crippen LogP contribution is 2.37. The molecule has 7 aromatic carbocycles. The topological polar surface area (TPSA) is 42.2 Å². The highest BCUT2D eigenvalue weighted by Gasteiger charge is 2.15. The van der Waals surface area contributed by atoms with E-state index in [9.17, 15) is 0 Å². The predicted molar refractivity (Wildman–Crippen MR) is 201 cm³/mol. The van der Waals surface area contributed by atoms with Crippen LogP contribution in [-0.4, -0.2) is 22.4 Å². The Bertz CT molecular complexity index is 2440. The molecule has 0 bridgehead atoms. The quantitative estimate of drug-likeness (QED) is 0.149. The Morgan fingerprint density at radius 2 is 1.27 bits per heavy atom. The maximum Gasteiger partial charge on any atom is 0.145 e. The molecule has 1 aromatic heterocycles. The summed E-state index contributed by atoms with van der Waals surface area (Å²) in [5, 5.41) is 5.76. The summed E-state index contributed by atoms with van der Waals surface area (Å²) < 4.78 is 2.24. The number of aryl methyl sites for hydroxylation is 1. The Kier molecular flexibility index (Phi) is 7.60. The molecule has 0 saturated carbocycles. The standard InChI is InChI=1S/C44H34N4/c1-30-12-6-9-17-38(30)39-29-35(26-27-40(39)46-43(45-2)36-25-22-31-13-7-8-14-34(31)28-36)32-20-23-33(24-21-32)44-47-41-18-10-11-19-42(41)48(44)37-15-4-3-5-16-37/h3-29H,1-2H3,(H,45,46). The Morgan fingerprint density at radius 1 is 0.583 bits per heavy atom. The molecule has 8 aromatic rings. The summed E-state index contributed by atoms with van der Waals surface area (Å²) in [5.74, 6) is 1.75. The third-order valence-electron chi connectivity index (χ3n) is 8.98. The van der Waals surface area contributed by atoms with Crippen molar-refractivity contribution in [2.45, 2.75) is 6.92 Å². The molecule has 48 heavy (non-hydrogen) atoms. The van der Waals surface area contributed by atoms with Crippen LogP contribution in [0.2, 0.25) is 0 Å². The Morgan fingerprint density at radius 3 is 2.08 bits per heavy atom. The third-order valence-corrected chi connectivity index (χ3v) is 8.98. The lowest BCUT2D eigenvalue weighted by molar-refractivity contribution is 1.10. The van der Waals surface area contributed by atoms with E-state index in [-0.39, 0.29) is 0 Å². The fourth-order valence-corrected chi connectivity index (χ4v) is 6.50. The molecule has 0 radical (unpaired) electrons. The van der Waals surface area contributed by atoms with Gasteiger partial charge in [0.25, 0.3) is 0 Å². The van der Waals surface area contributed by atoms with Crippen molar-refractivity contribution in [3.05, 3.63) is 175 Å². The average Bonchev–Trinajstić information content (AvgIpc) is 3.54. The lowest BCUT2D eigenvalue weighted by Crippen LogP contribution is -2.19. The Hall–Kier alpha value is -6.26. The van der Waals surface area contributed by atoms with E-state index in [4.69, 9.17) is 9.98 Å². The second-order valence-corrected chi connectivity index (χ2v) is 12.0. The molecule has 1 N–H and O–H groups in total. The maximum atomic E-state index is 5.21. The molecule has 0 unspecified atom stereocenters. The number of para-hydroxylation sites is 3. The van der Waals surface area contributed by atoms with Gasteiger partial charge in [-0.25, -0.2) is 9.98 Å². The van der Waals surface area contributed by atoms with Crippen molar-refractivity contribution in [2.75, 3.05) is 7.05 Å². The maximum absolute atomic E-state index is 5.21. The van der Waals surface area contributed by atoms with Crippen LogP contribution in [0.15, 0.2) is 169 Å². The average molecular weight is 619 g/mol. The molecule has 0 amide bonds. The van der Waals surface area contributed by atoms with Gasteiger partial charge in [-0.3, -0.25) is 4.57 Å². The van der Waals surface area contributed by atoms with Crippen molar-refractivity contribution in [3.63, 3.8) is 0 Å². The van der Waals surface area contributed by atoms with E-state index >= 15 is 0 Å². The first-order valence-electron chi connectivity index (χ1n) is 16.3. The van der Waals surface area contributed by atoms with E-state index in [1.807, 2.05) is 19.2 Å². The molecule has 8 rings (SSSR count). The Balaban J connectivity index is 1.21. The minimum absolute atomic E-state index is 0.828. The SMILES string of the molecule is CNC(=Nc1ccc(-c2ccc(-c3nc4ccccc4n3-c3ccccc3)cc2)cc1-c1ccccc1C)c1ccc2ccccc2c1. The molecular weight excluding hydrogens is 585 g/mol. The predicted octanol–water partition coefficient (Wildman–Crippen LogP) is 10.8. The van der Waals surface area contributed by atoms with E-state index in [2.05, 4.69) is 168 Å². The molecule has 230 valence electrons. The molecule has 0 spiro atoms. The van der Waals surface area contributed by atoms with Crippen molar-refractivity contribution < 1.29 is 0 Å². The van der Waals surface area contributed by atoms with Crippen LogP contribution < -0.4 is 5.32 Å². The lowest BCUT2D eigenvalue weighted by atomic mass is 9.94. The molecule has 0 aliphatic rings.